The summed E-state index contributed by atoms with van der Waals surface area (Å²) in [5.41, 5.74) is 7.45. The van der Waals surface area contributed by atoms with Crippen molar-refractivity contribution in [3.63, 3.8) is 0 Å². The van der Waals surface area contributed by atoms with Gasteiger partial charge in [0.25, 0.3) is 0 Å². The number of carbonyl (C=O) groups is 4. The lowest BCUT2D eigenvalue weighted by molar-refractivity contribution is -0.143. The van der Waals surface area contributed by atoms with Gasteiger partial charge < -0.3 is 31.8 Å². The molecule has 1 aromatic carbocycles. The van der Waals surface area contributed by atoms with Crippen molar-refractivity contribution in [2.75, 3.05) is 6.54 Å². The van der Waals surface area contributed by atoms with Gasteiger partial charge in [-0.25, -0.2) is 9.78 Å². The van der Waals surface area contributed by atoms with Crippen molar-refractivity contribution in [2.24, 2.45) is 11.7 Å². The van der Waals surface area contributed by atoms with E-state index in [0.717, 1.165) is 5.56 Å². The van der Waals surface area contributed by atoms with Gasteiger partial charge in [0.1, 0.15) is 12.1 Å². The van der Waals surface area contributed by atoms with Gasteiger partial charge in [0.2, 0.25) is 17.7 Å². The van der Waals surface area contributed by atoms with Crippen molar-refractivity contribution in [3.8, 4) is 0 Å². The Labute approximate surface area is 191 Å². The number of hydrogen-bond acceptors (Lipinski definition) is 6. The van der Waals surface area contributed by atoms with E-state index in [9.17, 15) is 24.3 Å². The molecule has 2 aromatic rings. The molecule has 0 fully saturated rings. The molecule has 2 rings (SSSR count). The molecule has 11 nitrogen and oxygen atoms in total. The summed E-state index contributed by atoms with van der Waals surface area (Å²) in [6.07, 6.45) is 3.42. The first kappa shape index (κ1) is 25.5. The minimum absolute atomic E-state index is 0.181. The van der Waals surface area contributed by atoms with Crippen LogP contribution in [0.2, 0.25) is 0 Å². The molecule has 0 aliphatic heterocycles. The van der Waals surface area contributed by atoms with Gasteiger partial charge in [0.15, 0.2) is 0 Å². The number of H-pyrrole nitrogens is 1. The number of nitrogens with two attached hydrogens (primary N) is 1. The second-order valence-electron chi connectivity index (χ2n) is 7.98. The van der Waals surface area contributed by atoms with Crippen molar-refractivity contribution in [3.05, 3.63) is 54.1 Å². The summed E-state index contributed by atoms with van der Waals surface area (Å²) < 4.78 is 0. The Hall–Kier alpha value is -3.73. The maximum absolute atomic E-state index is 12.8. The fourth-order valence-electron chi connectivity index (χ4n) is 3.09. The van der Waals surface area contributed by atoms with Gasteiger partial charge in [-0.1, -0.05) is 44.2 Å². The van der Waals surface area contributed by atoms with Crippen molar-refractivity contribution in [2.45, 2.75) is 44.8 Å². The summed E-state index contributed by atoms with van der Waals surface area (Å²) >= 11 is 0. The number of nitrogens with zero attached hydrogens (tertiary/aromatic N) is 1. The number of aromatic nitrogens is 2. The topological polar surface area (TPSA) is 179 Å². The third-order valence-electron chi connectivity index (χ3n) is 4.92. The van der Waals surface area contributed by atoms with Crippen molar-refractivity contribution < 1.29 is 24.3 Å². The van der Waals surface area contributed by atoms with Crippen LogP contribution in [0.4, 0.5) is 0 Å². The number of carboxylic acids is 1. The number of rotatable bonds is 12. The minimum atomic E-state index is -1.16. The summed E-state index contributed by atoms with van der Waals surface area (Å²) in [4.78, 5) is 55.6. The largest absolute Gasteiger partial charge is 0.480 e. The van der Waals surface area contributed by atoms with Crippen molar-refractivity contribution in [1.82, 2.24) is 25.9 Å². The normalized spacial score (nSPS) is 13.6. The number of carbonyl (C=O) groups excluding carboxylic acids is 3. The van der Waals surface area contributed by atoms with Crippen molar-refractivity contribution >= 4 is 23.7 Å². The Morgan fingerprint density at radius 2 is 1.76 bits per heavy atom. The molecule has 3 unspecified atom stereocenters. The van der Waals surface area contributed by atoms with Crippen LogP contribution < -0.4 is 21.7 Å². The quantitative estimate of drug-likeness (QED) is 0.244. The van der Waals surface area contributed by atoms with Crippen LogP contribution in [0.1, 0.15) is 25.1 Å². The van der Waals surface area contributed by atoms with E-state index in [0.29, 0.717) is 5.69 Å². The zero-order valence-electron chi connectivity index (χ0n) is 18.6. The molecule has 0 saturated carbocycles. The second kappa shape index (κ2) is 12.3. The number of amides is 3. The van der Waals surface area contributed by atoms with E-state index >= 15 is 0 Å². The zero-order chi connectivity index (χ0) is 24.4. The van der Waals surface area contributed by atoms with Gasteiger partial charge in [-0.15, -0.1) is 0 Å². The number of aromatic amines is 1. The number of nitrogens with one attached hydrogen (secondary N) is 4. The molecule has 1 aromatic heterocycles. The first-order valence-corrected chi connectivity index (χ1v) is 10.5. The zero-order valence-corrected chi connectivity index (χ0v) is 18.6. The van der Waals surface area contributed by atoms with Gasteiger partial charge in [0.05, 0.1) is 18.9 Å². The SMILES string of the molecule is CC(C)C(NC(=O)CNC(=O)C(Cc1ccccc1)NC(=O)C(N)Cc1cnc[nH]1)C(=O)O. The van der Waals surface area contributed by atoms with Crippen LogP contribution in [-0.2, 0) is 32.0 Å². The standard InChI is InChI=1S/C22H30N6O5/c1-13(2)19(22(32)33)28-18(29)11-25-21(31)17(8-14-6-4-3-5-7-14)27-20(30)16(23)9-15-10-24-12-26-15/h3-7,10,12-13,16-17,19H,8-9,11,23H2,1-2H3,(H,24,26)(H,25,31)(H,27,30)(H,28,29)(H,32,33). The average molecular weight is 459 g/mol. The Balaban J connectivity index is 2.01. The minimum Gasteiger partial charge on any atom is -0.480 e. The van der Waals surface area contributed by atoms with E-state index in [4.69, 9.17) is 5.73 Å². The summed E-state index contributed by atoms with van der Waals surface area (Å²) in [5.74, 6) is -3.26. The monoisotopic (exact) mass is 458 g/mol. The molecule has 0 aliphatic carbocycles. The number of imidazole rings is 1. The summed E-state index contributed by atoms with van der Waals surface area (Å²) in [5, 5.41) is 16.7. The van der Waals surface area contributed by atoms with Crippen LogP contribution >= 0.6 is 0 Å². The van der Waals surface area contributed by atoms with Crippen LogP contribution in [-0.4, -0.2) is 63.4 Å². The number of aliphatic carboxylic acids is 1. The molecule has 3 amide bonds. The van der Waals surface area contributed by atoms with E-state index in [2.05, 4.69) is 25.9 Å². The average Bonchev–Trinajstić information content (AvgIpc) is 3.28. The summed E-state index contributed by atoms with van der Waals surface area (Å²) in [6, 6.07) is 6.09. The Kier molecular flexibility index (Phi) is 9.55. The Morgan fingerprint density at radius 1 is 1.06 bits per heavy atom. The fraction of sp³-hybridized carbons (Fsp3) is 0.409. The second-order valence-corrected chi connectivity index (χ2v) is 7.98. The molecule has 3 atom stereocenters. The van der Waals surface area contributed by atoms with Crippen LogP contribution in [0.3, 0.4) is 0 Å². The highest BCUT2D eigenvalue weighted by Crippen LogP contribution is 2.05. The van der Waals surface area contributed by atoms with E-state index in [1.807, 2.05) is 30.3 Å². The van der Waals surface area contributed by atoms with Gasteiger partial charge in [-0.05, 0) is 11.5 Å². The van der Waals surface area contributed by atoms with Crippen LogP contribution in [0, 0.1) is 5.92 Å². The molecule has 0 spiro atoms. The molecule has 1 heterocycles. The highest BCUT2D eigenvalue weighted by molar-refractivity contribution is 5.92. The predicted molar refractivity (Wildman–Crippen MR) is 120 cm³/mol. The number of carboxylic acid groups (broad SMARTS) is 1. The Bertz CT molecular complexity index is 932. The van der Waals surface area contributed by atoms with Crippen molar-refractivity contribution in [1.29, 1.82) is 0 Å². The van der Waals surface area contributed by atoms with E-state index in [1.54, 1.807) is 20.0 Å². The van der Waals surface area contributed by atoms with E-state index in [-0.39, 0.29) is 18.8 Å². The first-order valence-electron chi connectivity index (χ1n) is 10.5. The van der Waals surface area contributed by atoms with E-state index < -0.39 is 48.4 Å². The van der Waals surface area contributed by atoms with Crippen LogP contribution in [0.15, 0.2) is 42.9 Å². The summed E-state index contributed by atoms with van der Waals surface area (Å²) in [6.45, 7) is 2.89. The molecule has 178 valence electrons. The molecule has 11 heteroatoms. The summed E-state index contributed by atoms with van der Waals surface area (Å²) in [7, 11) is 0. The molecule has 0 saturated heterocycles. The predicted octanol–water partition coefficient (Wildman–Crippen LogP) is -0.651. The fourth-order valence-corrected chi connectivity index (χ4v) is 3.09. The first-order chi connectivity index (χ1) is 15.7. The van der Waals surface area contributed by atoms with Gasteiger partial charge >= 0.3 is 5.97 Å². The van der Waals surface area contributed by atoms with E-state index in [1.165, 1.54) is 6.33 Å². The molecule has 0 aliphatic rings. The molecule has 0 bridgehead atoms. The maximum Gasteiger partial charge on any atom is 0.326 e. The lowest BCUT2D eigenvalue weighted by atomic mass is 10.0. The number of benzene rings is 1. The Morgan fingerprint density at radius 3 is 2.33 bits per heavy atom. The highest BCUT2D eigenvalue weighted by atomic mass is 16.4. The number of hydrogen-bond donors (Lipinski definition) is 6. The maximum atomic E-state index is 12.8. The van der Waals surface area contributed by atoms with Crippen LogP contribution in [0.25, 0.3) is 0 Å². The molecule has 0 radical (unpaired) electrons. The molecule has 7 N–H and O–H groups in total. The molecular weight excluding hydrogens is 428 g/mol. The molecule has 33 heavy (non-hydrogen) atoms. The third-order valence-corrected chi connectivity index (χ3v) is 4.92. The van der Waals surface area contributed by atoms with Gasteiger partial charge in [-0.3, -0.25) is 14.4 Å². The van der Waals surface area contributed by atoms with Crippen LogP contribution in [0.5, 0.6) is 0 Å². The lowest BCUT2D eigenvalue weighted by Crippen LogP contribution is -2.54. The lowest BCUT2D eigenvalue weighted by Gasteiger charge is -2.21. The highest BCUT2D eigenvalue weighted by Gasteiger charge is 2.26. The third kappa shape index (κ3) is 8.37. The van der Waals surface area contributed by atoms with Gasteiger partial charge in [0, 0.05) is 24.7 Å². The molecular formula is C22H30N6O5. The van der Waals surface area contributed by atoms with Gasteiger partial charge in [-0.2, -0.15) is 0 Å². The smallest absolute Gasteiger partial charge is 0.326 e.